The Morgan fingerprint density at radius 3 is 2.65 bits per heavy atom. The number of likely N-dealkylation sites (N-methyl/N-ethyl adjacent to an activating group) is 1. The molecule has 0 bridgehead atoms. The molecule has 3 N–H and O–H groups in total. The maximum atomic E-state index is 12.0. The summed E-state index contributed by atoms with van der Waals surface area (Å²) in [6.45, 7) is 5.81. The molecule has 0 spiro atoms. The zero-order valence-electron chi connectivity index (χ0n) is 10.5. The van der Waals surface area contributed by atoms with E-state index in [1.807, 2.05) is 25.8 Å². The smallest absolute Gasteiger partial charge is 0.247 e. The van der Waals surface area contributed by atoms with Crippen LogP contribution in [0.2, 0.25) is 0 Å². The molecule has 1 aromatic heterocycles. The van der Waals surface area contributed by atoms with Crippen molar-refractivity contribution in [2.45, 2.75) is 26.8 Å². The highest BCUT2D eigenvalue weighted by atomic mass is 16.2. The molecule has 2 rings (SSSR count). The third-order valence-electron chi connectivity index (χ3n) is 2.99. The predicted molar refractivity (Wildman–Crippen MR) is 66.8 cm³/mol. The van der Waals surface area contributed by atoms with Crippen molar-refractivity contribution in [1.82, 2.24) is 9.97 Å². The van der Waals surface area contributed by atoms with E-state index >= 15 is 0 Å². The standard InChI is InChI=1S/C11H17N5O/c1-5(2)8-10(17)14-7-6(3)13-11(12)15-9(7)16(8)4/h5,8H,1-4H3,(H,14,17)(H2,12,13,15)/t8-/m0/s1. The number of carbonyl (C=O) groups excluding carboxylic acids is 1. The summed E-state index contributed by atoms with van der Waals surface area (Å²) in [7, 11) is 1.86. The Morgan fingerprint density at radius 1 is 1.41 bits per heavy atom. The molecule has 1 aromatic rings. The highest BCUT2D eigenvalue weighted by Gasteiger charge is 2.35. The van der Waals surface area contributed by atoms with E-state index in [0.717, 1.165) is 0 Å². The monoisotopic (exact) mass is 235 g/mol. The van der Waals surface area contributed by atoms with Crippen LogP contribution in [0.4, 0.5) is 17.5 Å². The van der Waals surface area contributed by atoms with E-state index in [1.54, 1.807) is 6.92 Å². The minimum absolute atomic E-state index is 0.0218. The van der Waals surface area contributed by atoms with Gasteiger partial charge in [-0.05, 0) is 12.8 Å². The number of hydrogen-bond donors (Lipinski definition) is 2. The van der Waals surface area contributed by atoms with Crippen molar-refractivity contribution in [3.63, 3.8) is 0 Å². The fourth-order valence-electron chi connectivity index (χ4n) is 2.24. The number of rotatable bonds is 1. The zero-order valence-corrected chi connectivity index (χ0v) is 10.5. The summed E-state index contributed by atoms with van der Waals surface area (Å²) in [5, 5.41) is 2.86. The molecule has 0 saturated carbocycles. The highest BCUT2D eigenvalue weighted by Crippen LogP contribution is 2.33. The number of anilines is 3. The molecular weight excluding hydrogens is 218 g/mol. The summed E-state index contributed by atoms with van der Waals surface area (Å²) in [6, 6.07) is -0.226. The lowest BCUT2D eigenvalue weighted by Gasteiger charge is -2.36. The number of fused-ring (bicyclic) bond motifs is 1. The minimum Gasteiger partial charge on any atom is -0.368 e. The number of nitrogen functional groups attached to an aromatic ring is 1. The Balaban J connectivity index is 2.54. The molecule has 0 unspecified atom stereocenters. The molecule has 6 nitrogen and oxygen atoms in total. The SMILES string of the molecule is Cc1nc(N)nc2c1NC(=O)[C@H](C(C)C)N2C. The van der Waals surface area contributed by atoms with Crippen LogP contribution in [0, 0.1) is 12.8 Å². The number of amides is 1. The van der Waals surface area contributed by atoms with Gasteiger partial charge >= 0.3 is 0 Å². The summed E-state index contributed by atoms with van der Waals surface area (Å²) in [4.78, 5) is 22.1. The molecule has 2 heterocycles. The van der Waals surface area contributed by atoms with Crippen LogP contribution in [-0.4, -0.2) is 29.0 Å². The quantitative estimate of drug-likeness (QED) is 0.751. The van der Waals surface area contributed by atoms with E-state index in [2.05, 4.69) is 15.3 Å². The van der Waals surface area contributed by atoms with Crippen LogP contribution in [0.15, 0.2) is 0 Å². The molecule has 92 valence electrons. The number of aromatic nitrogens is 2. The van der Waals surface area contributed by atoms with Crippen molar-refractivity contribution < 1.29 is 4.79 Å². The largest absolute Gasteiger partial charge is 0.368 e. The molecule has 1 atom stereocenters. The van der Waals surface area contributed by atoms with Gasteiger partial charge < -0.3 is 16.0 Å². The average Bonchev–Trinajstić information content (AvgIpc) is 2.19. The van der Waals surface area contributed by atoms with Crippen molar-refractivity contribution in [2.24, 2.45) is 5.92 Å². The Kier molecular flexibility index (Phi) is 2.65. The Hall–Kier alpha value is -1.85. The first-order chi connectivity index (χ1) is 7.91. The first kappa shape index (κ1) is 11.6. The first-order valence-electron chi connectivity index (χ1n) is 5.59. The third-order valence-corrected chi connectivity index (χ3v) is 2.99. The van der Waals surface area contributed by atoms with E-state index in [4.69, 9.17) is 5.73 Å². The Labute approximate surface area is 100 Å². The Bertz CT molecular complexity index is 471. The summed E-state index contributed by atoms with van der Waals surface area (Å²) < 4.78 is 0. The molecule has 1 amide bonds. The number of nitrogens with zero attached hydrogens (tertiary/aromatic N) is 3. The normalized spacial score (nSPS) is 19.2. The summed E-state index contributed by atoms with van der Waals surface area (Å²) in [6.07, 6.45) is 0. The van der Waals surface area contributed by atoms with Crippen LogP contribution in [0.3, 0.4) is 0 Å². The number of hydrogen-bond acceptors (Lipinski definition) is 5. The van der Waals surface area contributed by atoms with Gasteiger partial charge in [-0.1, -0.05) is 13.8 Å². The van der Waals surface area contributed by atoms with Gasteiger partial charge in [-0.15, -0.1) is 0 Å². The lowest BCUT2D eigenvalue weighted by Crippen LogP contribution is -2.49. The molecule has 17 heavy (non-hydrogen) atoms. The summed E-state index contributed by atoms with van der Waals surface area (Å²) in [5.41, 5.74) is 6.99. The molecule has 1 aliphatic rings. The molecule has 0 fully saturated rings. The number of nitrogens with two attached hydrogens (primary N) is 1. The lowest BCUT2D eigenvalue weighted by atomic mass is 9.99. The van der Waals surface area contributed by atoms with E-state index in [-0.39, 0.29) is 23.8 Å². The van der Waals surface area contributed by atoms with Crippen molar-refractivity contribution in [3.8, 4) is 0 Å². The lowest BCUT2D eigenvalue weighted by molar-refractivity contribution is -0.118. The highest BCUT2D eigenvalue weighted by molar-refractivity contribution is 6.03. The number of aryl methyl sites for hydroxylation is 1. The summed E-state index contributed by atoms with van der Waals surface area (Å²) >= 11 is 0. The van der Waals surface area contributed by atoms with Gasteiger partial charge in [-0.2, -0.15) is 4.98 Å². The molecule has 0 radical (unpaired) electrons. The second kappa shape index (κ2) is 3.87. The van der Waals surface area contributed by atoms with Gasteiger partial charge in [0.2, 0.25) is 11.9 Å². The van der Waals surface area contributed by atoms with Gasteiger partial charge in [0.25, 0.3) is 0 Å². The van der Waals surface area contributed by atoms with Gasteiger partial charge in [0.1, 0.15) is 11.7 Å². The van der Waals surface area contributed by atoms with Crippen LogP contribution in [-0.2, 0) is 4.79 Å². The van der Waals surface area contributed by atoms with Crippen LogP contribution >= 0.6 is 0 Å². The average molecular weight is 235 g/mol. The Morgan fingerprint density at radius 2 is 2.06 bits per heavy atom. The molecule has 0 saturated heterocycles. The van der Waals surface area contributed by atoms with Crippen LogP contribution in [0.1, 0.15) is 19.5 Å². The topological polar surface area (TPSA) is 84.1 Å². The fraction of sp³-hybridized carbons (Fsp3) is 0.545. The second-order valence-electron chi connectivity index (χ2n) is 4.65. The number of nitrogens with one attached hydrogen (secondary N) is 1. The zero-order chi connectivity index (χ0) is 12.7. The van der Waals surface area contributed by atoms with Gasteiger partial charge in [-0.25, -0.2) is 4.98 Å². The maximum absolute atomic E-state index is 12.0. The van der Waals surface area contributed by atoms with Crippen LogP contribution < -0.4 is 16.0 Å². The fourth-order valence-corrected chi connectivity index (χ4v) is 2.24. The van der Waals surface area contributed by atoms with Gasteiger partial charge in [0.05, 0.1) is 5.69 Å². The third kappa shape index (κ3) is 1.79. The van der Waals surface area contributed by atoms with Gasteiger partial charge in [0, 0.05) is 7.05 Å². The molecule has 0 aromatic carbocycles. The van der Waals surface area contributed by atoms with Crippen molar-refractivity contribution >= 4 is 23.4 Å². The van der Waals surface area contributed by atoms with Gasteiger partial charge in [-0.3, -0.25) is 4.79 Å². The molecule has 6 heteroatoms. The first-order valence-corrected chi connectivity index (χ1v) is 5.59. The number of carbonyl (C=O) groups is 1. The van der Waals surface area contributed by atoms with E-state index in [1.165, 1.54) is 0 Å². The van der Waals surface area contributed by atoms with Gasteiger partial charge in [0.15, 0.2) is 5.82 Å². The van der Waals surface area contributed by atoms with Crippen molar-refractivity contribution in [3.05, 3.63) is 5.69 Å². The second-order valence-corrected chi connectivity index (χ2v) is 4.65. The predicted octanol–water partition coefficient (Wildman–Crippen LogP) is 0.780. The molecule has 1 aliphatic heterocycles. The van der Waals surface area contributed by atoms with Crippen molar-refractivity contribution in [1.29, 1.82) is 0 Å². The van der Waals surface area contributed by atoms with Crippen molar-refractivity contribution in [2.75, 3.05) is 23.0 Å². The van der Waals surface area contributed by atoms with E-state index < -0.39 is 0 Å². The maximum Gasteiger partial charge on any atom is 0.247 e. The van der Waals surface area contributed by atoms with E-state index in [0.29, 0.717) is 17.2 Å². The minimum atomic E-state index is -0.226. The molecule has 0 aliphatic carbocycles. The molecular formula is C11H17N5O. The van der Waals surface area contributed by atoms with E-state index in [9.17, 15) is 4.79 Å². The van der Waals surface area contributed by atoms with Crippen LogP contribution in [0.5, 0.6) is 0 Å². The van der Waals surface area contributed by atoms with Crippen LogP contribution in [0.25, 0.3) is 0 Å². The summed E-state index contributed by atoms with van der Waals surface area (Å²) in [5.74, 6) is 1.09.